The molecule has 1 heterocycles. The number of likely N-dealkylation sites (tertiary alicyclic amines) is 1. The summed E-state index contributed by atoms with van der Waals surface area (Å²) >= 11 is 0. The summed E-state index contributed by atoms with van der Waals surface area (Å²) in [5.41, 5.74) is 0. The third-order valence-corrected chi connectivity index (χ3v) is 4.26. The molecule has 1 fully saturated rings. The van der Waals surface area contributed by atoms with Gasteiger partial charge in [0.15, 0.2) is 5.96 Å². The molecule has 1 rings (SSSR count). The number of rotatable bonds is 10. The van der Waals surface area contributed by atoms with Crippen LogP contribution in [-0.2, 0) is 4.74 Å². The van der Waals surface area contributed by atoms with Crippen LogP contribution in [0, 0.1) is 5.92 Å². The lowest BCUT2D eigenvalue weighted by molar-refractivity contribution is 0.143. The van der Waals surface area contributed by atoms with E-state index in [2.05, 4.69) is 27.4 Å². The summed E-state index contributed by atoms with van der Waals surface area (Å²) in [6, 6.07) is 0. The lowest BCUT2D eigenvalue weighted by Gasteiger charge is -2.30. The Morgan fingerprint density at radius 2 is 1.82 bits per heavy atom. The van der Waals surface area contributed by atoms with Crippen LogP contribution >= 0.6 is 0 Å². The fraction of sp³-hybridized carbons (Fsp3) is 0.941. The minimum atomic E-state index is 0.812. The predicted octanol–water partition coefficient (Wildman–Crippen LogP) is 2.09. The summed E-state index contributed by atoms with van der Waals surface area (Å²) in [4.78, 5) is 6.85. The van der Waals surface area contributed by atoms with Crippen molar-refractivity contribution in [2.45, 2.75) is 46.0 Å². The third-order valence-electron chi connectivity index (χ3n) is 4.26. The van der Waals surface area contributed by atoms with E-state index in [1.165, 1.54) is 38.9 Å². The summed E-state index contributed by atoms with van der Waals surface area (Å²) in [6.45, 7) is 11.8. The maximum atomic E-state index is 5.33. The van der Waals surface area contributed by atoms with E-state index < -0.39 is 0 Å². The van der Waals surface area contributed by atoms with Crippen molar-refractivity contribution in [2.75, 3.05) is 53.0 Å². The van der Waals surface area contributed by atoms with Gasteiger partial charge in [-0.15, -0.1) is 0 Å². The molecule has 0 spiro atoms. The summed E-state index contributed by atoms with van der Waals surface area (Å²) in [5.74, 6) is 1.84. The monoisotopic (exact) mass is 312 g/mol. The second-order valence-electron chi connectivity index (χ2n) is 6.21. The third kappa shape index (κ3) is 9.26. The van der Waals surface area contributed by atoms with E-state index in [4.69, 9.17) is 4.74 Å². The number of aliphatic imine (C=N–C) groups is 1. The van der Waals surface area contributed by atoms with Gasteiger partial charge in [0.2, 0.25) is 0 Å². The molecule has 0 saturated carbocycles. The number of guanidine groups is 1. The maximum Gasteiger partial charge on any atom is 0.190 e. The zero-order valence-corrected chi connectivity index (χ0v) is 14.9. The zero-order valence-electron chi connectivity index (χ0n) is 14.9. The largest absolute Gasteiger partial charge is 0.382 e. The molecule has 0 aromatic rings. The SMILES string of the molecule is CCOCCCCNC(=NC)NCCCN1CCC(C)CC1. The number of piperidine rings is 1. The van der Waals surface area contributed by atoms with E-state index in [-0.39, 0.29) is 0 Å². The quantitative estimate of drug-likeness (QED) is 0.368. The number of nitrogens with one attached hydrogen (secondary N) is 2. The normalized spacial score (nSPS) is 17.7. The van der Waals surface area contributed by atoms with Crippen LogP contribution in [0.1, 0.15) is 46.0 Å². The van der Waals surface area contributed by atoms with Crippen LogP contribution in [-0.4, -0.2) is 63.8 Å². The van der Waals surface area contributed by atoms with Gasteiger partial charge < -0.3 is 20.3 Å². The molecule has 22 heavy (non-hydrogen) atoms. The van der Waals surface area contributed by atoms with E-state index in [1.807, 2.05) is 14.0 Å². The summed E-state index contributed by atoms with van der Waals surface area (Å²) < 4.78 is 5.33. The number of unbranched alkanes of at least 4 members (excludes halogenated alkanes) is 1. The number of nitrogens with zero attached hydrogens (tertiary/aromatic N) is 2. The fourth-order valence-electron chi connectivity index (χ4n) is 2.70. The molecule has 0 aromatic heterocycles. The Morgan fingerprint density at radius 3 is 2.45 bits per heavy atom. The summed E-state index contributed by atoms with van der Waals surface area (Å²) in [7, 11) is 1.83. The molecule has 0 radical (unpaired) electrons. The van der Waals surface area contributed by atoms with Crippen LogP contribution in [0.4, 0.5) is 0 Å². The highest BCUT2D eigenvalue weighted by Gasteiger charge is 2.14. The molecule has 1 saturated heterocycles. The van der Waals surface area contributed by atoms with Crippen LogP contribution in [0.2, 0.25) is 0 Å². The van der Waals surface area contributed by atoms with Crippen molar-refractivity contribution in [3.05, 3.63) is 0 Å². The van der Waals surface area contributed by atoms with Crippen molar-refractivity contribution < 1.29 is 4.74 Å². The van der Waals surface area contributed by atoms with Crippen LogP contribution in [0.3, 0.4) is 0 Å². The molecule has 0 aliphatic carbocycles. The molecule has 0 amide bonds. The van der Waals surface area contributed by atoms with Crippen molar-refractivity contribution in [1.29, 1.82) is 0 Å². The van der Waals surface area contributed by atoms with Gasteiger partial charge in [0, 0.05) is 33.4 Å². The summed E-state index contributed by atoms with van der Waals surface area (Å²) in [6.07, 6.45) is 6.12. The van der Waals surface area contributed by atoms with Crippen molar-refractivity contribution >= 4 is 5.96 Å². The molecule has 5 nitrogen and oxygen atoms in total. The van der Waals surface area contributed by atoms with Crippen LogP contribution in [0.15, 0.2) is 4.99 Å². The predicted molar refractivity (Wildman–Crippen MR) is 94.5 cm³/mol. The highest BCUT2D eigenvalue weighted by Crippen LogP contribution is 2.15. The maximum absolute atomic E-state index is 5.33. The first-order valence-electron chi connectivity index (χ1n) is 9.00. The van der Waals surface area contributed by atoms with Gasteiger partial charge in [-0.25, -0.2) is 0 Å². The van der Waals surface area contributed by atoms with Crippen molar-refractivity contribution in [1.82, 2.24) is 15.5 Å². The van der Waals surface area contributed by atoms with Gasteiger partial charge in [-0.3, -0.25) is 4.99 Å². The molecule has 1 aliphatic heterocycles. The van der Waals surface area contributed by atoms with Gasteiger partial charge in [-0.1, -0.05) is 6.92 Å². The number of hydrogen-bond donors (Lipinski definition) is 2. The van der Waals surface area contributed by atoms with Gasteiger partial charge in [0.05, 0.1) is 0 Å². The average Bonchev–Trinajstić information content (AvgIpc) is 2.54. The Balaban J connectivity index is 1.97. The standard InChI is InChI=1S/C17H36N4O/c1-4-22-15-6-5-10-19-17(18-3)20-11-7-12-21-13-8-16(2)9-14-21/h16H,4-15H2,1-3H3,(H2,18,19,20). The first-order valence-corrected chi connectivity index (χ1v) is 9.00. The Morgan fingerprint density at radius 1 is 1.14 bits per heavy atom. The Kier molecular flexibility index (Phi) is 11.1. The Bertz CT molecular complexity index is 288. The Hall–Kier alpha value is -0.810. The zero-order chi connectivity index (χ0) is 16.0. The van der Waals surface area contributed by atoms with Gasteiger partial charge in [0.1, 0.15) is 0 Å². The fourth-order valence-corrected chi connectivity index (χ4v) is 2.70. The van der Waals surface area contributed by atoms with Crippen molar-refractivity contribution in [3.8, 4) is 0 Å². The topological polar surface area (TPSA) is 48.9 Å². The average molecular weight is 313 g/mol. The molecule has 0 atom stereocenters. The van der Waals surface area contributed by atoms with Crippen molar-refractivity contribution in [2.24, 2.45) is 10.9 Å². The molecule has 0 unspecified atom stereocenters. The lowest BCUT2D eigenvalue weighted by Crippen LogP contribution is -2.40. The van der Waals surface area contributed by atoms with Crippen molar-refractivity contribution in [3.63, 3.8) is 0 Å². The van der Waals surface area contributed by atoms with Gasteiger partial charge >= 0.3 is 0 Å². The van der Waals surface area contributed by atoms with Gasteiger partial charge in [-0.2, -0.15) is 0 Å². The molecular formula is C17H36N4O. The molecule has 5 heteroatoms. The first kappa shape index (κ1) is 19.2. The Labute approximate surface area is 136 Å². The minimum Gasteiger partial charge on any atom is -0.382 e. The van der Waals surface area contributed by atoms with E-state index >= 15 is 0 Å². The molecule has 0 aromatic carbocycles. The highest BCUT2D eigenvalue weighted by molar-refractivity contribution is 5.79. The minimum absolute atomic E-state index is 0.812. The van der Waals surface area contributed by atoms with Gasteiger partial charge in [0.25, 0.3) is 0 Å². The van der Waals surface area contributed by atoms with E-state index in [1.54, 1.807) is 0 Å². The highest BCUT2D eigenvalue weighted by atomic mass is 16.5. The second kappa shape index (κ2) is 12.7. The summed E-state index contributed by atoms with van der Waals surface area (Å²) in [5, 5.41) is 6.76. The number of hydrogen-bond acceptors (Lipinski definition) is 3. The van der Waals surface area contributed by atoms with Crippen LogP contribution in [0.5, 0.6) is 0 Å². The lowest BCUT2D eigenvalue weighted by atomic mass is 9.99. The smallest absolute Gasteiger partial charge is 0.190 e. The molecule has 2 N–H and O–H groups in total. The van der Waals surface area contributed by atoms with E-state index in [0.29, 0.717) is 0 Å². The second-order valence-corrected chi connectivity index (χ2v) is 6.21. The first-order chi connectivity index (χ1) is 10.8. The van der Waals surface area contributed by atoms with Gasteiger partial charge in [-0.05, 0) is 64.6 Å². The van der Waals surface area contributed by atoms with Crippen LogP contribution < -0.4 is 10.6 Å². The molecular weight excluding hydrogens is 276 g/mol. The molecule has 130 valence electrons. The van der Waals surface area contributed by atoms with E-state index in [0.717, 1.165) is 51.0 Å². The molecule has 0 bridgehead atoms. The van der Waals surface area contributed by atoms with Crippen LogP contribution in [0.25, 0.3) is 0 Å². The number of ether oxygens (including phenoxy) is 1. The molecule has 1 aliphatic rings. The van der Waals surface area contributed by atoms with E-state index in [9.17, 15) is 0 Å².